The second-order valence-corrected chi connectivity index (χ2v) is 9.51. The van der Waals surface area contributed by atoms with Gasteiger partial charge in [-0.1, -0.05) is 38.0 Å². The first-order valence-electron chi connectivity index (χ1n) is 7.26. The van der Waals surface area contributed by atoms with E-state index in [1.807, 2.05) is 13.1 Å². The third kappa shape index (κ3) is 2.77. The first-order chi connectivity index (χ1) is 8.96. The molecular formula is C16H25NOSi. The van der Waals surface area contributed by atoms with Gasteiger partial charge in [-0.15, -0.1) is 0 Å². The van der Waals surface area contributed by atoms with Crippen LogP contribution in [0.25, 0.3) is 10.9 Å². The van der Waals surface area contributed by atoms with Crippen LogP contribution in [-0.4, -0.2) is 17.7 Å². The van der Waals surface area contributed by atoms with Crippen molar-refractivity contribution in [1.29, 1.82) is 0 Å². The number of nitrogens with zero attached hydrogens (tertiary/aromatic N) is 1. The highest BCUT2D eigenvalue weighted by Crippen LogP contribution is 2.23. The molecule has 0 aliphatic rings. The summed E-state index contributed by atoms with van der Waals surface area (Å²) in [5.41, 5.74) is 2.63. The zero-order valence-corrected chi connectivity index (χ0v) is 13.5. The summed E-state index contributed by atoms with van der Waals surface area (Å²) in [5.74, 6) is 0. The van der Waals surface area contributed by atoms with Gasteiger partial charge in [0.1, 0.15) is 0 Å². The van der Waals surface area contributed by atoms with Crippen molar-refractivity contribution in [3.8, 4) is 0 Å². The molecule has 0 saturated heterocycles. The van der Waals surface area contributed by atoms with Crippen LogP contribution in [0.3, 0.4) is 0 Å². The molecule has 0 unspecified atom stereocenters. The number of unbranched alkanes of at least 4 members (excludes halogenated alkanes) is 2. The van der Waals surface area contributed by atoms with Gasteiger partial charge in [-0.2, -0.15) is 0 Å². The second-order valence-electron chi connectivity index (χ2n) is 5.92. The molecule has 0 fully saturated rings. The van der Waals surface area contributed by atoms with Gasteiger partial charge in [0, 0.05) is 23.3 Å². The normalized spacial score (nSPS) is 12.3. The number of aryl methyl sites for hydroxylation is 2. The van der Waals surface area contributed by atoms with Gasteiger partial charge >= 0.3 is 0 Å². The van der Waals surface area contributed by atoms with E-state index >= 15 is 0 Å². The van der Waals surface area contributed by atoms with E-state index in [1.54, 1.807) is 0 Å². The van der Waals surface area contributed by atoms with Crippen molar-refractivity contribution in [3.05, 3.63) is 29.8 Å². The standard InChI is InChI=1S/C16H25NOSi/c1-5-6-7-11-14-13-10-8-9-12-15(13)17(2)16(14)19(3,4)18/h8-10,12,18H,5-7,11H2,1-4H3. The zero-order chi connectivity index (χ0) is 14.0. The van der Waals surface area contributed by atoms with E-state index in [0.717, 1.165) is 6.42 Å². The summed E-state index contributed by atoms with van der Waals surface area (Å²) in [6, 6.07) is 8.53. The molecule has 0 saturated carbocycles. The summed E-state index contributed by atoms with van der Waals surface area (Å²) < 4.78 is 2.21. The molecular weight excluding hydrogens is 250 g/mol. The summed E-state index contributed by atoms with van der Waals surface area (Å²) in [6.07, 6.45) is 4.79. The lowest BCUT2D eigenvalue weighted by Crippen LogP contribution is -2.47. The summed E-state index contributed by atoms with van der Waals surface area (Å²) in [4.78, 5) is 10.6. The zero-order valence-electron chi connectivity index (χ0n) is 12.5. The molecule has 0 spiro atoms. The monoisotopic (exact) mass is 275 g/mol. The molecule has 104 valence electrons. The number of hydrogen-bond acceptors (Lipinski definition) is 1. The molecule has 0 aliphatic heterocycles. The molecule has 1 aromatic carbocycles. The minimum atomic E-state index is -2.30. The largest absolute Gasteiger partial charge is 0.427 e. The third-order valence-corrected chi connectivity index (χ3v) is 5.62. The molecule has 1 heterocycles. The van der Waals surface area contributed by atoms with E-state index in [0.29, 0.717) is 0 Å². The fourth-order valence-electron chi connectivity index (χ4n) is 3.06. The van der Waals surface area contributed by atoms with Crippen molar-refractivity contribution in [1.82, 2.24) is 4.57 Å². The van der Waals surface area contributed by atoms with Crippen molar-refractivity contribution in [2.75, 3.05) is 0 Å². The van der Waals surface area contributed by atoms with E-state index < -0.39 is 8.32 Å². The second kappa shape index (κ2) is 5.51. The molecule has 2 rings (SSSR count). The molecule has 0 atom stereocenters. The number of hydrogen-bond donors (Lipinski definition) is 1. The minimum Gasteiger partial charge on any atom is -0.427 e. The van der Waals surface area contributed by atoms with Crippen LogP contribution >= 0.6 is 0 Å². The number of fused-ring (bicyclic) bond motifs is 1. The lowest BCUT2D eigenvalue weighted by Gasteiger charge is -2.18. The summed E-state index contributed by atoms with van der Waals surface area (Å²) in [7, 11) is -0.214. The Bertz CT molecular complexity index is 566. The lowest BCUT2D eigenvalue weighted by atomic mass is 10.1. The summed E-state index contributed by atoms with van der Waals surface area (Å²) in [6.45, 7) is 6.27. The van der Waals surface area contributed by atoms with Crippen LogP contribution in [0.15, 0.2) is 24.3 Å². The molecule has 2 aromatic rings. The van der Waals surface area contributed by atoms with Crippen LogP contribution in [0.2, 0.25) is 13.1 Å². The quantitative estimate of drug-likeness (QED) is 0.657. The van der Waals surface area contributed by atoms with Gasteiger partial charge in [-0.3, -0.25) is 0 Å². The molecule has 1 aromatic heterocycles. The predicted octanol–water partition coefficient (Wildman–Crippen LogP) is 3.32. The fraction of sp³-hybridized carbons (Fsp3) is 0.500. The van der Waals surface area contributed by atoms with Crippen LogP contribution in [0, 0.1) is 0 Å². The smallest absolute Gasteiger partial charge is 0.231 e. The Morgan fingerprint density at radius 1 is 1.16 bits per heavy atom. The van der Waals surface area contributed by atoms with E-state index in [-0.39, 0.29) is 0 Å². The molecule has 19 heavy (non-hydrogen) atoms. The number of rotatable bonds is 5. The van der Waals surface area contributed by atoms with Gasteiger partial charge in [0.2, 0.25) is 8.32 Å². The Hall–Kier alpha value is -1.06. The maximum Gasteiger partial charge on any atom is 0.231 e. The highest BCUT2D eigenvalue weighted by molar-refractivity contribution is 6.83. The highest BCUT2D eigenvalue weighted by Gasteiger charge is 2.29. The van der Waals surface area contributed by atoms with Gasteiger partial charge in [-0.05, 0) is 37.6 Å². The van der Waals surface area contributed by atoms with Crippen molar-refractivity contribution in [2.45, 2.75) is 45.7 Å². The van der Waals surface area contributed by atoms with Crippen LogP contribution in [-0.2, 0) is 13.5 Å². The summed E-state index contributed by atoms with van der Waals surface area (Å²) >= 11 is 0. The number of para-hydroxylation sites is 1. The van der Waals surface area contributed by atoms with Gasteiger partial charge in [0.05, 0.1) is 0 Å². The molecule has 0 aliphatic carbocycles. The Balaban J connectivity index is 2.56. The fourth-order valence-corrected chi connectivity index (χ4v) is 5.00. The summed E-state index contributed by atoms with van der Waals surface area (Å²) in [5, 5.41) is 2.52. The third-order valence-electron chi connectivity index (χ3n) is 3.82. The van der Waals surface area contributed by atoms with Crippen molar-refractivity contribution >= 4 is 24.5 Å². The topological polar surface area (TPSA) is 25.2 Å². The first kappa shape index (κ1) is 14.3. The van der Waals surface area contributed by atoms with Crippen LogP contribution in [0.5, 0.6) is 0 Å². The van der Waals surface area contributed by atoms with Gasteiger partial charge in [-0.25, -0.2) is 0 Å². The number of aromatic nitrogens is 1. The SMILES string of the molecule is CCCCCc1c([Si](C)(C)O)n(C)c2ccccc12. The van der Waals surface area contributed by atoms with Crippen LogP contribution < -0.4 is 5.32 Å². The molecule has 0 radical (unpaired) electrons. The van der Waals surface area contributed by atoms with E-state index in [9.17, 15) is 4.80 Å². The molecule has 0 bridgehead atoms. The Kier molecular flexibility index (Phi) is 4.16. The van der Waals surface area contributed by atoms with Gasteiger partial charge in [0.25, 0.3) is 0 Å². The molecule has 2 nitrogen and oxygen atoms in total. The van der Waals surface area contributed by atoms with Crippen LogP contribution in [0.4, 0.5) is 0 Å². The molecule has 0 amide bonds. The van der Waals surface area contributed by atoms with Gasteiger partial charge < -0.3 is 9.36 Å². The van der Waals surface area contributed by atoms with Crippen LogP contribution in [0.1, 0.15) is 31.7 Å². The first-order valence-corrected chi connectivity index (χ1v) is 10.2. The minimum absolute atomic E-state index is 1.08. The average Bonchev–Trinajstić information content (AvgIpc) is 2.63. The average molecular weight is 275 g/mol. The molecule has 3 heteroatoms. The van der Waals surface area contributed by atoms with E-state index in [4.69, 9.17) is 0 Å². The molecule has 1 N–H and O–H groups in total. The van der Waals surface area contributed by atoms with E-state index in [2.05, 4.69) is 42.8 Å². The highest BCUT2D eigenvalue weighted by atomic mass is 28.4. The Morgan fingerprint density at radius 3 is 2.47 bits per heavy atom. The Labute approximate surface area is 117 Å². The maximum atomic E-state index is 10.6. The van der Waals surface area contributed by atoms with Crippen molar-refractivity contribution < 1.29 is 4.80 Å². The maximum absolute atomic E-state index is 10.6. The Morgan fingerprint density at radius 2 is 1.84 bits per heavy atom. The number of benzene rings is 1. The van der Waals surface area contributed by atoms with Crippen molar-refractivity contribution in [2.24, 2.45) is 7.05 Å². The van der Waals surface area contributed by atoms with E-state index in [1.165, 1.54) is 41.0 Å². The predicted molar refractivity (Wildman–Crippen MR) is 85.5 cm³/mol. The van der Waals surface area contributed by atoms with Crippen molar-refractivity contribution in [3.63, 3.8) is 0 Å². The lowest BCUT2D eigenvalue weighted by molar-refractivity contribution is 0.564. The van der Waals surface area contributed by atoms with Gasteiger partial charge in [0.15, 0.2) is 0 Å².